The van der Waals surface area contributed by atoms with Crippen molar-refractivity contribution in [2.75, 3.05) is 11.5 Å². The van der Waals surface area contributed by atoms with Gasteiger partial charge in [-0.2, -0.15) is 0 Å². The molecule has 0 saturated carbocycles. The van der Waals surface area contributed by atoms with Gasteiger partial charge in [0.2, 0.25) is 5.91 Å². The molecular formula is C17H16ClN3O3. The van der Waals surface area contributed by atoms with Crippen molar-refractivity contribution in [3.8, 4) is 5.75 Å². The number of fused-ring (bicyclic) bond motifs is 1. The third-order valence-electron chi connectivity index (χ3n) is 3.76. The number of nitrogens with one attached hydrogen (secondary N) is 1. The maximum absolute atomic E-state index is 12.5. The van der Waals surface area contributed by atoms with Gasteiger partial charge in [0.15, 0.2) is 6.61 Å². The molecule has 2 amide bonds. The SMILES string of the molecule is CC(C(=O)NCc1cccnc1)N1C(=O)COc2ccc(Cl)cc21. The van der Waals surface area contributed by atoms with E-state index in [1.165, 1.54) is 4.90 Å². The molecule has 0 fully saturated rings. The van der Waals surface area contributed by atoms with Gasteiger partial charge in [-0.1, -0.05) is 17.7 Å². The van der Waals surface area contributed by atoms with Crippen molar-refractivity contribution in [1.29, 1.82) is 0 Å². The van der Waals surface area contributed by atoms with Crippen molar-refractivity contribution in [2.45, 2.75) is 19.5 Å². The van der Waals surface area contributed by atoms with Gasteiger partial charge >= 0.3 is 0 Å². The van der Waals surface area contributed by atoms with E-state index < -0.39 is 6.04 Å². The van der Waals surface area contributed by atoms with Gasteiger partial charge < -0.3 is 10.1 Å². The van der Waals surface area contributed by atoms with E-state index in [4.69, 9.17) is 16.3 Å². The first-order chi connectivity index (χ1) is 11.6. The number of halogens is 1. The predicted octanol–water partition coefficient (Wildman–Crippen LogP) is 2.17. The number of anilines is 1. The van der Waals surface area contributed by atoms with Crippen LogP contribution in [0, 0.1) is 0 Å². The van der Waals surface area contributed by atoms with E-state index >= 15 is 0 Å². The number of carbonyl (C=O) groups excluding carboxylic acids is 2. The van der Waals surface area contributed by atoms with Gasteiger partial charge in [0.25, 0.3) is 5.91 Å². The number of pyridine rings is 1. The fourth-order valence-electron chi connectivity index (χ4n) is 2.53. The lowest BCUT2D eigenvalue weighted by atomic mass is 10.1. The molecule has 6 nitrogen and oxygen atoms in total. The molecule has 0 spiro atoms. The molecule has 0 bridgehead atoms. The summed E-state index contributed by atoms with van der Waals surface area (Å²) in [4.78, 5) is 30.1. The number of carbonyl (C=O) groups is 2. The lowest BCUT2D eigenvalue weighted by Crippen LogP contribution is -2.51. The molecule has 1 unspecified atom stereocenters. The molecule has 0 saturated heterocycles. The molecule has 3 rings (SSSR count). The van der Waals surface area contributed by atoms with Gasteiger partial charge in [-0.3, -0.25) is 19.5 Å². The van der Waals surface area contributed by atoms with Gasteiger partial charge in [0, 0.05) is 24.0 Å². The second-order valence-corrected chi connectivity index (χ2v) is 5.86. The molecule has 1 aliphatic heterocycles. The molecule has 0 aliphatic carbocycles. The Bertz CT molecular complexity index is 767. The molecule has 2 heterocycles. The van der Waals surface area contributed by atoms with Gasteiger partial charge in [0.1, 0.15) is 11.8 Å². The summed E-state index contributed by atoms with van der Waals surface area (Å²) >= 11 is 6.01. The molecule has 124 valence electrons. The highest BCUT2D eigenvalue weighted by atomic mass is 35.5. The first kappa shape index (κ1) is 16.3. The Kier molecular flexibility index (Phi) is 4.66. The van der Waals surface area contributed by atoms with Crippen LogP contribution in [0.1, 0.15) is 12.5 Å². The zero-order valence-electron chi connectivity index (χ0n) is 13.0. The Morgan fingerprint density at radius 1 is 1.46 bits per heavy atom. The molecule has 1 aromatic carbocycles. The van der Waals surface area contributed by atoms with Crippen LogP contribution in [0.5, 0.6) is 5.75 Å². The Hall–Kier alpha value is -2.60. The summed E-state index contributed by atoms with van der Waals surface area (Å²) in [5.41, 5.74) is 1.39. The van der Waals surface area contributed by atoms with Gasteiger partial charge in [-0.25, -0.2) is 0 Å². The molecule has 24 heavy (non-hydrogen) atoms. The molecule has 1 atom stereocenters. The van der Waals surface area contributed by atoms with Crippen LogP contribution in [0.25, 0.3) is 0 Å². The minimum absolute atomic E-state index is 0.102. The van der Waals surface area contributed by atoms with Gasteiger partial charge in [-0.05, 0) is 36.8 Å². The Morgan fingerprint density at radius 2 is 2.29 bits per heavy atom. The monoisotopic (exact) mass is 345 g/mol. The minimum Gasteiger partial charge on any atom is -0.482 e. The van der Waals surface area contributed by atoms with Crippen LogP contribution in [0.2, 0.25) is 5.02 Å². The molecular weight excluding hydrogens is 330 g/mol. The van der Waals surface area contributed by atoms with Crippen LogP contribution < -0.4 is 15.0 Å². The van der Waals surface area contributed by atoms with Crippen molar-refractivity contribution in [1.82, 2.24) is 10.3 Å². The van der Waals surface area contributed by atoms with E-state index in [2.05, 4.69) is 10.3 Å². The van der Waals surface area contributed by atoms with Crippen LogP contribution in [0.4, 0.5) is 5.69 Å². The zero-order valence-corrected chi connectivity index (χ0v) is 13.8. The topological polar surface area (TPSA) is 71.5 Å². The van der Waals surface area contributed by atoms with Crippen molar-refractivity contribution in [2.24, 2.45) is 0 Å². The molecule has 1 N–H and O–H groups in total. The van der Waals surface area contributed by atoms with Gasteiger partial charge in [-0.15, -0.1) is 0 Å². The summed E-state index contributed by atoms with van der Waals surface area (Å²) in [5, 5.41) is 3.29. The predicted molar refractivity (Wildman–Crippen MR) is 90.0 cm³/mol. The van der Waals surface area contributed by atoms with Crippen LogP contribution in [-0.4, -0.2) is 29.4 Å². The van der Waals surface area contributed by atoms with E-state index in [-0.39, 0.29) is 18.4 Å². The Labute approximate surface area is 144 Å². The summed E-state index contributed by atoms with van der Waals surface area (Å²) in [6, 6.07) is 7.98. The Morgan fingerprint density at radius 3 is 3.04 bits per heavy atom. The first-order valence-electron chi connectivity index (χ1n) is 7.47. The number of hydrogen-bond donors (Lipinski definition) is 1. The largest absolute Gasteiger partial charge is 0.482 e. The minimum atomic E-state index is -0.685. The number of aromatic nitrogens is 1. The molecule has 1 aromatic heterocycles. The number of rotatable bonds is 4. The smallest absolute Gasteiger partial charge is 0.265 e. The van der Waals surface area contributed by atoms with Crippen molar-refractivity contribution in [3.63, 3.8) is 0 Å². The van der Waals surface area contributed by atoms with Crippen LogP contribution in [0.3, 0.4) is 0 Å². The zero-order chi connectivity index (χ0) is 17.1. The summed E-state index contributed by atoms with van der Waals surface area (Å²) in [5.74, 6) is -0.0141. The van der Waals surface area contributed by atoms with Crippen LogP contribution in [0.15, 0.2) is 42.7 Å². The average molecular weight is 346 g/mol. The summed E-state index contributed by atoms with van der Waals surface area (Å²) in [6.45, 7) is 1.92. The second kappa shape index (κ2) is 6.88. The van der Waals surface area contributed by atoms with Crippen molar-refractivity contribution >= 4 is 29.1 Å². The highest BCUT2D eigenvalue weighted by Crippen LogP contribution is 2.35. The van der Waals surface area contributed by atoms with Crippen molar-refractivity contribution < 1.29 is 14.3 Å². The molecule has 2 aromatic rings. The fraction of sp³-hybridized carbons (Fsp3) is 0.235. The highest BCUT2D eigenvalue weighted by molar-refractivity contribution is 6.31. The highest BCUT2D eigenvalue weighted by Gasteiger charge is 2.33. The molecule has 1 aliphatic rings. The van der Waals surface area contributed by atoms with Crippen LogP contribution in [-0.2, 0) is 16.1 Å². The second-order valence-electron chi connectivity index (χ2n) is 5.42. The third-order valence-corrected chi connectivity index (χ3v) is 3.99. The van der Waals surface area contributed by atoms with E-state index in [0.717, 1.165) is 5.56 Å². The lowest BCUT2D eigenvalue weighted by Gasteiger charge is -2.33. The number of benzene rings is 1. The van der Waals surface area contributed by atoms with E-state index in [1.54, 1.807) is 43.6 Å². The maximum Gasteiger partial charge on any atom is 0.265 e. The number of nitrogens with zero attached hydrogens (tertiary/aromatic N) is 2. The van der Waals surface area contributed by atoms with E-state index in [9.17, 15) is 9.59 Å². The lowest BCUT2D eigenvalue weighted by molar-refractivity contribution is -0.127. The maximum atomic E-state index is 12.5. The van der Waals surface area contributed by atoms with E-state index in [1.807, 2.05) is 6.07 Å². The van der Waals surface area contributed by atoms with Crippen molar-refractivity contribution in [3.05, 3.63) is 53.3 Å². The third kappa shape index (κ3) is 3.33. The number of ether oxygens (including phenoxy) is 1. The normalized spacial score (nSPS) is 14.6. The van der Waals surface area contributed by atoms with Gasteiger partial charge in [0.05, 0.1) is 5.69 Å². The summed E-state index contributed by atoms with van der Waals surface area (Å²) < 4.78 is 5.39. The van der Waals surface area contributed by atoms with Crippen LogP contribution >= 0.6 is 11.6 Å². The quantitative estimate of drug-likeness (QED) is 0.921. The standard InChI is InChI=1S/C17H16ClN3O3/c1-11(17(23)20-9-12-3-2-6-19-8-12)21-14-7-13(18)4-5-15(14)24-10-16(21)22/h2-8,11H,9-10H2,1H3,(H,20,23). The fourth-order valence-corrected chi connectivity index (χ4v) is 2.69. The summed E-state index contributed by atoms with van der Waals surface area (Å²) in [6.07, 6.45) is 3.35. The summed E-state index contributed by atoms with van der Waals surface area (Å²) in [7, 11) is 0. The molecule has 7 heteroatoms. The average Bonchev–Trinajstić information content (AvgIpc) is 2.60. The van der Waals surface area contributed by atoms with E-state index in [0.29, 0.717) is 23.0 Å². The number of amides is 2. The molecule has 0 radical (unpaired) electrons. The Balaban J connectivity index is 1.76. The number of hydrogen-bond acceptors (Lipinski definition) is 4. The first-order valence-corrected chi connectivity index (χ1v) is 7.85.